The van der Waals surface area contributed by atoms with Crippen molar-refractivity contribution in [3.8, 4) is 0 Å². The van der Waals surface area contributed by atoms with Crippen molar-refractivity contribution >= 4 is 39.3 Å². The second kappa shape index (κ2) is 7.62. The maximum atomic E-state index is 12.2. The van der Waals surface area contributed by atoms with Crippen LogP contribution in [0.3, 0.4) is 0 Å². The number of fused-ring (bicyclic) bond motifs is 3. The predicted molar refractivity (Wildman–Crippen MR) is 95.2 cm³/mol. The average Bonchev–Trinajstić information content (AvgIpc) is 2.96. The van der Waals surface area contributed by atoms with Crippen molar-refractivity contribution in [2.45, 2.75) is 62.6 Å². The third-order valence-electron chi connectivity index (χ3n) is 4.05. The smallest absolute Gasteiger partial charge is 0.319 e. The van der Waals surface area contributed by atoms with E-state index in [1.165, 1.54) is 40.4 Å². The van der Waals surface area contributed by atoms with Gasteiger partial charge in [0.25, 0.3) is 0 Å². The molecule has 23 heavy (non-hydrogen) atoms. The number of hydrogen-bond acceptors (Lipinski definition) is 6. The van der Waals surface area contributed by atoms with E-state index in [1.807, 2.05) is 13.8 Å². The van der Waals surface area contributed by atoms with Crippen molar-refractivity contribution < 1.29 is 9.53 Å². The highest BCUT2D eigenvalue weighted by Gasteiger charge is 2.25. The summed E-state index contributed by atoms with van der Waals surface area (Å²) < 4.78 is 5.32. The Morgan fingerprint density at radius 1 is 1.35 bits per heavy atom. The van der Waals surface area contributed by atoms with Gasteiger partial charge in [0.2, 0.25) is 0 Å². The first kappa shape index (κ1) is 16.7. The molecule has 2 heterocycles. The van der Waals surface area contributed by atoms with Gasteiger partial charge in [-0.05, 0) is 44.1 Å². The van der Waals surface area contributed by atoms with Gasteiger partial charge < -0.3 is 4.74 Å². The zero-order valence-electron chi connectivity index (χ0n) is 13.6. The summed E-state index contributed by atoms with van der Waals surface area (Å²) in [6.45, 7) is 4.52. The molecule has 1 aliphatic carbocycles. The SMILES string of the molecule is CCCOC(=O)[C@H](CC)Sc1ncnc2sc3c(c12)CCCC3. The second-order valence-corrected chi connectivity index (χ2v) is 8.03. The number of hydrogen-bond donors (Lipinski definition) is 0. The zero-order valence-corrected chi connectivity index (χ0v) is 15.3. The number of carbonyl (C=O) groups is 1. The van der Waals surface area contributed by atoms with Gasteiger partial charge in [-0.1, -0.05) is 25.6 Å². The van der Waals surface area contributed by atoms with Crippen molar-refractivity contribution in [3.63, 3.8) is 0 Å². The van der Waals surface area contributed by atoms with Crippen molar-refractivity contribution in [2.24, 2.45) is 0 Å². The third-order valence-corrected chi connectivity index (χ3v) is 6.60. The van der Waals surface area contributed by atoms with Crippen LogP contribution in [-0.4, -0.2) is 27.8 Å². The van der Waals surface area contributed by atoms with E-state index in [9.17, 15) is 4.79 Å². The van der Waals surface area contributed by atoms with Crippen LogP contribution in [-0.2, 0) is 22.4 Å². The summed E-state index contributed by atoms with van der Waals surface area (Å²) in [5.41, 5.74) is 1.41. The Labute approximate surface area is 145 Å². The molecule has 0 fully saturated rings. The van der Waals surface area contributed by atoms with Gasteiger partial charge in [0, 0.05) is 10.3 Å². The molecule has 2 aromatic heterocycles. The van der Waals surface area contributed by atoms with Gasteiger partial charge in [0.05, 0.1) is 6.61 Å². The highest BCUT2D eigenvalue weighted by Crippen LogP contribution is 2.40. The van der Waals surface area contributed by atoms with Crippen molar-refractivity contribution in [1.82, 2.24) is 9.97 Å². The summed E-state index contributed by atoms with van der Waals surface area (Å²) in [6, 6.07) is 0. The molecule has 0 saturated heterocycles. The zero-order chi connectivity index (χ0) is 16.2. The Hall–Kier alpha value is -1.14. The number of aryl methyl sites for hydroxylation is 2. The molecule has 0 saturated carbocycles. The summed E-state index contributed by atoms with van der Waals surface area (Å²) in [5.74, 6) is -0.129. The van der Waals surface area contributed by atoms with Crippen LogP contribution in [0.1, 0.15) is 50.0 Å². The minimum Gasteiger partial charge on any atom is -0.465 e. The molecule has 1 aliphatic rings. The minimum atomic E-state index is -0.196. The van der Waals surface area contributed by atoms with E-state index in [2.05, 4.69) is 9.97 Å². The number of aromatic nitrogens is 2. The van der Waals surface area contributed by atoms with E-state index < -0.39 is 0 Å². The first-order valence-corrected chi connectivity index (χ1v) is 10.0. The molecule has 0 N–H and O–H groups in total. The summed E-state index contributed by atoms with van der Waals surface area (Å²) >= 11 is 3.33. The van der Waals surface area contributed by atoms with E-state index in [-0.39, 0.29) is 11.2 Å². The average molecular weight is 351 g/mol. The molecule has 1 atom stereocenters. The highest BCUT2D eigenvalue weighted by molar-refractivity contribution is 8.00. The predicted octanol–water partition coefficient (Wildman–Crippen LogP) is 4.39. The lowest BCUT2D eigenvalue weighted by molar-refractivity contribution is -0.143. The molecule has 0 amide bonds. The van der Waals surface area contributed by atoms with Gasteiger partial charge in [0.15, 0.2) is 0 Å². The molecule has 0 unspecified atom stereocenters. The molecule has 2 aromatic rings. The molecular formula is C17H22N2O2S2. The van der Waals surface area contributed by atoms with Gasteiger partial charge >= 0.3 is 5.97 Å². The van der Waals surface area contributed by atoms with Crippen molar-refractivity contribution in [3.05, 3.63) is 16.8 Å². The van der Waals surface area contributed by atoms with Gasteiger partial charge in [0.1, 0.15) is 21.4 Å². The van der Waals surface area contributed by atoms with Crippen LogP contribution in [0.15, 0.2) is 11.4 Å². The van der Waals surface area contributed by atoms with E-state index in [0.29, 0.717) is 6.61 Å². The van der Waals surface area contributed by atoms with Gasteiger partial charge in [-0.3, -0.25) is 4.79 Å². The third kappa shape index (κ3) is 3.53. The van der Waals surface area contributed by atoms with Crippen molar-refractivity contribution in [1.29, 1.82) is 0 Å². The number of thioether (sulfide) groups is 1. The molecule has 6 heteroatoms. The Morgan fingerprint density at radius 3 is 2.96 bits per heavy atom. The van der Waals surface area contributed by atoms with E-state index in [1.54, 1.807) is 17.7 Å². The Bertz CT molecular complexity index is 699. The van der Waals surface area contributed by atoms with Gasteiger partial charge in [-0.15, -0.1) is 11.3 Å². The monoisotopic (exact) mass is 350 g/mol. The fourth-order valence-electron chi connectivity index (χ4n) is 2.88. The van der Waals surface area contributed by atoms with Crippen LogP contribution in [0, 0.1) is 0 Å². The summed E-state index contributed by atoms with van der Waals surface area (Å²) in [4.78, 5) is 23.7. The van der Waals surface area contributed by atoms with E-state index >= 15 is 0 Å². The number of thiophene rings is 1. The van der Waals surface area contributed by atoms with Crippen LogP contribution in [0.25, 0.3) is 10.2 Å². The lowest BCUT2D eigenvalue weighted by Gasteiger charge is -2.15. The molecule has 0 aromatic carbocycles. The Balaban J connectivity index is 1.90. The van der Waals surface area contributed by atoms with Crippen LogP contribution in [0.5, 0.6) is 0 Å². The molecule has 0 bridgehead atoms. The largest absolute Gasteiger partial charge is 0.465 e. The van der Waals surface area contributed by atoms with Crippen molar-refractivity contribution in [2.75, 3.05) is 6.61 Å². The Morgan fingerprint density at radius 2 is 2.17 bits per heavy atom. The van der Waals surface area contributed by atoms with Gasteiger partial charge in [-0.25, -0.2) is 9.97 Å². The molecule has 124 valence electrons. The first-order valence-electron chi connectivity index (χ1n) is 8.33. The number of nitrogens with zero attached hydrogens (tertiary/aromatic N) is 2. The number of carbonyl (C=O) groups excluding carboxylic acids is 1. The molecule has 4 nitrogen and oxygen atoms in total. The summed E-state index contributed by atoms with van der Waals surface area (Å²) in [6.07, 6.45) is 7.96. The maximum absolute atomic E-state index is 12.2. The Kier molecular flexibility index (Phi) is 5.54. The minimum absolute atomic E-state index is 0.129. The van der Waals surface area contributed by atoms with Crippen LogP contribution < -0.4 is 0 Å². The van der Waals surface area contributed by atoms with Crippen LogP contribution >= 0.6 is 23.1 Å². The number of ether oxygens (including phenoxy) is 1. The molecule has 3 rings (SSSR count). The molecule has 0 radical (unpaired) electrons. The number of esters is 1. The summed E-state index contributed by atoms with van der Waals surface area (Å²) in [5, 5.41) is 1.92. The maximum Gasteiger partial charge on any atom is 0.319 e. The highest BCUT2D eigenvalue weighted by atomic mass is 32.2. The second-order valence-electron chi connectivity index (χ2n) is 5.75. The summed E-state index contributed by atoms with van der Waals surface area (Å²) in [7, 11) is 0. The number of rotatable bonds is 6. The standard InChI is InChI=1S/C17H22N2O2S2/c1-3-9-21-17(20)12(4-2)22-15-14-11-7-5-6-8-13(11)23-16(14)19-10-18-15/h10,12H,3-9H2,1-2H3/t12-/m0/s1. The first-order chi connectivity index (χ1) is 11.2. The molecule has 0 spiro atoms. The lowest BCUT2D eigenvalue weighted by atomic mass is 9.97. The topological polar surface area (TPSA) is 52.1 Å². The fourth-order valence-corrected chi connectivity index (χ4v) is 5.22. The fraction of sp³-hybridized carbons (Fsp3) is 0.588. The van der Waals surface area contributed by atoms with Gasteiger partial charge in [-0.2, -0.15) is 0 Å². The lowest BCUT2D eigenvalue weighted by Crippen LogP contribution is -2.20. The van der Waals surface area contributed by atoms with E-state index in [4.69, 9.17) is 4.74 Å². The molecular weight excluding hydrogens is 328 g/mol. The van der Waals surface area contributed by atoms with E-state index in [0.717, 1.165) is 35.5 Å². The molecule has 0 aliphatic heterocycles. The van der Waals surface area contributed by atoms with Crippen LogP contribution in [0.4, 0.5) is 0 Å². The van der Waals surface area contributed by atoms with Crippen LogP contribution in [0.2, 0.25) is 0 Å². The quantitative estimate of drug-likeness (QED) is 0.439. The normalized spacial score (nSPS) is 15.4.